The van der Waals surface area contributed by atoms with Crippen LogP contribution in [-0.4, -0.2) is 28.0 Å². The zero-order valence-electron chi connectivity index (χ0n) is 11.8. The average Bonchev–Trinajstić information content (AvgIpc) is 2.29. The molecule has 0 spiro atoms. The van der Waals surface area contributed by atoms with Gasteiger partial charge < -0.3 is 14.9 Å². The van der Waals surface area contributed by atoms with E-state index in [2.05, 4.69) is 0 Å². The first kappa shape index (κ1) is 16.1. The Morgan fingerprint density at radius 3 is 2.16 bits per heavy atom. The Balaban J connectivity index is 2.33. The third-order valence-electron chi connectivity index (χ3n) is 2.87. The summed E-state index contributed by atoms with van der Waals surface area (Å²) >= 11 is 0. The maximum atomic E-state index is 12.7. The Morgan fingerprint density at radius 1 is 1.05 bits per heavy atom. The lowest BCUT2D eigenvalue weighted by Crippen LogP contribution is -2.33. The Kier molecular flexibility index (Phi) is 5.47. The molecule has 0 heterocycles. The molecular weight excluding hydrogens is 247 g/mol. The molecule has 4 heteroatoms. The Morgan fingerprint density at radius 2 is 1.63 bits per heavy atom. The van der Waals surface area contributed by atoms with Crippen LogP contribution in [0.3, 0.4) is 0 Å². The molecule has 19 heavy (non-hydrogen) atoms. The number of hydrogen-bond donors (Lipinski definition) is 2. The highest BCUT2D eigenvalue weighted by Gasteiger charge is 2.24. The molecule has 0 saturated carbocycles. The van der Waals surface area contributed by atoms with E-state index in [1.165, 1.54) is 12.1 Å². The summed E-state index contributed by atoms with van der Waals surface area (Å²) in [5.74, 6) is -0.277. The van der Waals surface area contributed by atoms with Crippen molar-refractivity contribution in [3.05, 3.63) is 35.6 Å². The summed E-state index contributed by atoms with van der Waals surface area (Å²) in [5, 5.41) is 19.7. The standard InChI is InChI=1S/C15H23FO3/c1-14(2,17)8-9-15(3,18)11-19-10-12-4-6-13(16)7-5-12/h4-7,17-18H,8-11H2,1-3H3. The molecule has 1 atom stereocenters. The predicted octanol–water partition coefficient (Wildman–Crippen LogP) is 2.64. The van der Waals surface area contributed by atoms with E-state index in [0.29, 0.717) is 19.4 Å². The highest BCUT2D eigenvalue weighted by Crippen LogP contribution is 2.20. The topological polar surface area (TPSA) is 49.7 Å². The van der Waals surface area contributed by atoms with Crippen molar-refractivity contribution >= 4 is 0 Å². The third kappa shape index (κ3) is 7.25. The largest absolute Gasteiger partial charge is 0.390 e. The SMILES string of the molecule is CC(C)(O)CCC(C)(O)COCc1ccc(F)cc1. The minimum absolute atomic E-state index is 0.181. The minimum atomic E-state index is -0.972. The van der Waals surface area contributed by atoms with Gasteiger partial charge >= 0.3 is 0 Å². The monoisotopic (exact) mass is 270 g/mol. The summed E-state index contributed by atoms with van der Waals surface area (Å²) in [4.78, 5) is 0. The quantitative estimate of drug-likeness (QED) is 0.801. The summed E-state index contributed by atoms with van der Waals surface area (Å²) in [6.45, 7) is 5.62. The zero-order valence-corrected chi connectivity index (χ0v) is 11.8. The van der Waals surface area contributed by atoms with E-state index in [1.54, 1.807) is 32.9 Å². The van der Waals surface area contributed by atoms with Crippen LogP contribution in [0.2, 0.25) is 0 Å². The summed E-state index contributed by atoms with van der Waals surface area (Å²) in [5.41, 5.74) is -0.902. The molecule has 0 amide bonds. The molecule has 0 aliphatic carbocycles. The van der Waals surface area contributed by atoms with Crippen molar-refractivity contribution in [3.8, 4) is 0 Å². The van der Waals surface area contributed by atoms with Crippen molar-refractivity contribution in [1.82, 2.24) is 0 Å². The van der Waals surface area contributed by atoms with Gasteiger partial charge in [0.05, 0.1) is 24.4 Å². The van der Waals surface area contributed by atoms with Crippen molar-refractivity contribution in [3.63, 3.8) is 0 Å². The second-order valence-corrected chi connectivity index (χ2v) is 5.93. The molecule has 3 nitrogen and oxygen atoms in total. The molecule has 0 fully saturated rings. The van der Waals surface area contributed by atoms with Crippen LogP contribution < -0.4 is 0 Å². The maximum Gasteiger partial charge on any atom is 0.123 e. The highest BCUT2D eigenvalue weighted by atomic mass is 19.1. The van der Waals surface area contributed by atoms with Crippen molar-refractivity contribution in [1.29, 1.82) is 0 Å². The third-order valence-corrected chi connectivity index (χ3v) is 2.87. The molecular formula is C15H23FO3. The molecule has 2 N–H and O–H groups in total. The van der Waals surface area contributed by atoms with Crippen molar-refractivity contribution < 1.29 is 19.3 Å². The normalized spacial score (nSPS) is 15.3. The Hall–Kier alpha value is -0.970. The molecule has 1 aromatic carbocycles. The smallest absolute Gasteiger partial charge is 0.123 e. The van der Waals surface area contributed by atoms with Crippen LogP contribution in [0, 0.1) is 5.82 Å². The summed E-state index contributed by atoms with van der Waals surface area (Å²) in [6.07, 6.45) is 0.958. The lowest BCUT2D eigenvalue weighted by Gasteiger charge is -2.27. The molecule has 1 unspecified atom stereocenters. The zero-order chi connectivity index (χ0) is 14.5. The predicted molar refractivity (Wildman–Crippen MR) is 72.2 cm³/mol. The van der Waals surface area contributed by atoms with E-state index in [-0.39, 0.29) is 12.4 Å². The van der Waals surface area contributed by atoms with Gasteiger partial charge in [-0.15, -0.1) is 0 Å². The van der Waals surface area contributed by atoms with Crippen LogP contribution in [0.4, 0.5) is 4.39 Å². The van der Waals surface area contributed by atoms with Gasteiger partial charge in [-0.25, -0.2) is 4.39 Å². The van der Waals surface area contributed by atoms with E-state index in [0.717, 1.165) is 5.56 Å². The van der Waals surface area contributed by atoms with Crippen LogP contribution in [0.1, 0.15) is 39.2 Å². The van der Waals surface area contributed by atoms with E-state index in [4.69, 9.17) is 4.74 Å². The number of rotatable bonds is 7. The fourth-order valence-corrected chi connectivity index (χ4v) is 1.62. The van der Waals surface area contributed by atoms with Gasteiger partial charge in [0.1, 0.15) is 5.82 Å². The maximum absolute atomic E-state index is 12.7. The van der Waals surface area contributed by atoms with Crippen molar-refractivity contribution in [2.75, 3.05) is 6.61 Å². The van der Waals surface area contributed by atoms with E-state index < -0.39 is 11.2 Å². The fraction of sp³-hybridized carbons (Fsp3) is 0.600. The van der Waals surface area contributed by atoms with Crippen LogP contribution >= 0.6 is 0 Å². The van der Waals surface area contributed by atoms with Gasteiger partial charge in [0, 0.05) is 0 Å². The Bertz CT molecular complexity index is 379. The van der Waals surface area contributed by atoms with Crippen molar-refractivity contribution in [2.45, 2.75) is 51.4 Å². The number of hydrogen-bond acceptors (Lipinski definition) is 3. The summed E-state index contributed by atoms with van der Waals surface area (Å²) < 4.78 is 18.1. The molecule has 0 saturated heterocycles. The van der Waals surface area contributed by atoms with Crippen LogP contribution in [-0.2, 0) is 11.3 Å². The first-order chi connectivity index (χ1) is 8.68. The van der Waals surface area contributed by atoms with Gasteiger partial charge in [-0.1, -0.05) is 12.1 Å². The molecule has 1 aromatic rings. The van der Waals surface area contributed by atoms with Gasteiger partial charge in [0.25, 0.3) is 0 Å². The molecule has 0 aromatic heterocycles. The van der Waals surface area contributed by atoms with E-state index in [9.17, 15) is 14.6 Å². The van der Waals surface area contributed by atoms with Gasteiger partial charge in [0.15, 0.2) is 0 Å². The molecule has 108 valence electrons. The summed E-state index contributed by atoms with van der Waals surface area (Å²) in [7, 11) is 0. The van der Waals surface area contributed by atoms with E-state index in [1.807, 2.05) is 0 Å². The molecule has 0 bridgehead atoms. The first-order valence-electron chi connectivity index (χ1n) is 6.45. The lowest BCUT2D eigenvalue weighted by molar-refractivity contribution is -0.0579. The van der Waals surface area contributed by atoms with E-state index >= 15 is 0 Å². The summed E-state index contributed by atoms with van der Waals surface area (Å²) in [6, 6.07) is 6.07. The van der Waals surface area contributed by atoms with Gasteiger partial charge in [-0.05, 0) is 51.3 Å². The lowest BCUT2D eigenvalue weighted by atomic mass is 9.93. The molecule has 0 radical (unpaired) electrons. The molecule has 1 rings (SSSR count). The second kappa shape index (κ2) is 6.46. The highest BCUT2D eigenvalue weighted by molar-refractivity contribution is 5.14. The average molecular weight is 270 g/mol. The van der Waals surface area contributed by atoms with Gasteiger partial charge in [0.2, 0.25) is 0 Å². The van der Waals surface area contributed by atoms with Crippen LogP contribution in [0.5, 0.6) is 0 Å². The number of halogens is 1. The second-order valence-electron chi connectivity index (χ2n) is 5.93. The molecule has 0 aliphatic rings. The van der Waals surface area contributed by atoms with Crippen LogP contribution in [0.15, 0.2) is 24.3 Å². The molecule has 0 aliphatic heterocycles. The van der Waals surface area contributed by atoms with Gasteiger partial charge in [-0.3, -0.25) is 0 Å². The minimum Gasteiger partial charge on any atom is -0.390 e. The van der Waals surface area contributed by atoms with Crippen molar-refractivity contribution in [2.24, 2.45) is 0 Å². The Labute approximate surface area is 114 Å². The number of aliphatic hydroxyl groups is 2. The fourth-order valence-electron chi connectivity index (χ4n) is 1.62. The first-order valence-corrected chi connectivity index (χ1v) is 6.45. The van der Waals surface area contributed by atoms with Gasteiger partial charge in [-0.2, -0.15) is 0 Å². The number of ether oxygens (including phenoxy) is 1. The number of benzene rings is 1. The van der Waals surface area contributed by atoms with Crippen LogP contribution in [0.25, 0.3) is 0 Å².